The van der Waals surface area contributed by atoms with Crippen molar-refractivity contribution in [3.05, 3.63) is 35.4 Å². The lowest BCUT2D eigenvalue weighted by atomic mass is 10.0. The number of hydrogen-bond donors (Lipinski definition) is 0. The number of benzene rings is 1. The minimum Gasteiger partial charge on any atom is -0.304 e. The van der Waals surface area contributed by atoms with Gasteiger partial charge in [-0.15, -0.1) is 0 Å². The zero-order valence-corrected chi connectivity index (χ0v) is 11.3. The molecule has 0 spiro atoms. The highest BCUT2D eigenvalue weighted by atomic mass is 15.2. The quantitative estimate of drug-likeness (QED) is 0.790. The summed E-state index contributed by atoms with van der Waals surface area (Å²) >= 11 is 0. The summed E-state index contributed by atoms with van der Waals surface area (Å²) in [7, 11) is 2.21. The summed E-state index contributed by atoms with van der Waals surface area (Å²) in [5, 5.41) is 0. The molecule has 0 saturated carbocycles. The molecule has 0 radical (unpaired) electrons. The Labute approximate surface area is 105 Å². The first-order valence-electron chi connectivity index (χ1n) is 6.65. The van der Waals surface area contributed by atoms with Crippen molar-refractivity contribution in [3.8, 4) is 0 Å². The van der Waals surface area contributed by atoms with Gasteiger partial charge in [-0.3, -0.25) is 4.90 Å². The van der Waals surface area contributed by atoms with E-state index in [9.17, 15) is 0 Å². The number of piperazine rings is 1. The fraction of sp³-hybridized carbons (Fsp3) is 0.600. The number of likely N-dealkylation sites (N-methyl/N-ethyl adjacent to an activating group) is 1. The maximum absolute atomic E-state index is 2.56. The van der Waals surface area contributed by atoms with E-state index < -0.39 is 0 Å². The molecule has 2 rings (SSSR count). The van der Waals surface area contributed by atoms with Gasteiger partial charge in [0.2, 0.25) is 0 Å². The average Bonchev–Trinajstić information content (AvgIpc) is 2.32. The first kappa shape index (κ1) is 12.6. The normalized spacial score (nSPS) is 18.8. The highest BCUT2D eigenvalue weighted by molar-refractivity contribution is 5.25. The van der Waals surface area contributed by atoms with Crippen molar-refractivity contribution in [1.29, 1.82) is 0 Å². The molecule has 0 bridgehead atoms. The van der Waals surface area contributed by atoms with Gasteiger partial charge in [0.05, 0.1) is 0 Å². The molecule has 0 aliphatic carbocycles. The SMILES string of the molecule is CC(C)c1cccc(CN2CCN(C)CC2)c1. The predicted octanol–water partition coefficient (Wildman–Crippen LogP) is 2.56. The number of rotatable bonds is 3. The lowest BCUT2D eigenvalue weighted by Gasteiger charge is -2.32. The summed E-state index contributed by atoms with van der Waals surface area (Å²) < 4.78 is 0. The van der Waals surface area contributed by atoms with Crippen LogP contribution < -0.4 is 0 Å². The van der Waals surface area contributed by atoms with Crippen LogP contribution in [0.4, 0.5) is 0 Å². The van der Waals surface area contributed by atoms with Gasteiger partial charge in [-0.2, -0.15) is 0 Å². The molecule has 0 amide bonds. The summed E-state index contributed by atoms with van der Waals surface area (Å²) in [5.74, 6) is 0.627. The molecule has 0 aromatic heterocycles. The van der Waals surface area contributed by atoms with Crippen LogP contribution in [0.2, 0.25) is 0 Å². The van der Waals surface area contributed by atoms with Crippen molar-refractivity contribution in [3.63, 3.8) is 0 Å². The van der Waals surface area contributed by atoms with Crippen molar-refractivity contribution in [1.82, 2.24) is 9.80 Å². The van der Waals surface area contributed by atoms with Crippen LogP contribution in [0.25, 0.3) is 0 Å². The molecule has 1 saturated heterocycles. The smallest absolute Gasteiger partial charge is 0.0234 e. The lowest BCUT2D eigenvalue weighted by molar-refractivity contribution is 0.148. The van der Waals surface area contributed by atoms with E-state index in [1.807, 2.05) is 0 Å². The van der Waals surface area contributed by atoms with E-state index >= 15 is 0 Å². The molecular weight excluding hydrogens is 208 g/mol. The third-order valence-corrected chi connectivity index (χ3v) is 3.62. The molecule has 1 aromatic rings. The highest BCUT2D eigenvalue weighted by Crippen LogP contribution is 2.17. The van der Waals surface area contributed by atoms with Crippen molar-refractivity contribution in [2.75, 3.05) is 33.2 Å². The van der Waals surface area contributed by atoms with Crippen LogP contribution in [0.3, 0.4) is 0 Å². The van der Waals surface area contributed by atoms with E-state index in [2.05, 4.69) is 55.0 Å². The maximum Gasteiger partial charge on any atom is 0.0234 e. The van der Waals surface area contributed by atoms with Gasteiger partial charge in [0.1, 0.15) is 0 Å². The second-order valence-electron chi connectivity index (χ2n) is 5.48. The van der Waals surface area contributed by atoms with Crippen LogP contribution >= 0.6 is 0 Å². The van der Waals surface area contributed by atoms with Crippen molar-refractivity contribution < 1.29 is 0 Å². The van der Waals surface area contributed by atoms with E-state index in [1.165, 1.54) is 37.3 Å². The molecule has 0 unspecified atom stereocenters. The van der Waals surface area contributed by atoms with Crippen LogP contribution in [0, 0.1) is 0 Å². The van der Waals surface area contributed by atoms with Gasteiger partial charge in [-0.25, -0.2) is 0 Å². The molecule has 1 heterocycles. The Morgan fingerprint density at radius 2 is 1.82 bits per heavy atom. The van der Waals surface area contributed by atoms with E-state index in [-0.39, 0.29) is 0 Å². The van der Waals surface area contributed by atoms with Gasteiger partial charge in [0, 0.05) is 32.7 Å². The topological polar surface area (TPSA) is 6.48 Å². The molecular formula is C15H24N2. The van der Waals surface area contributed by atoms with Gasteiger partial charge < -0.3 is 4.90 Å². The van der Waals surface area contributed by atoms with Crippen LogP contribution in [0.15, 0.2) is 24.3 Å². The summed E-state index contributed by atoms with van der Waals surface area (Å²) in [6.45, 7) is 10.4. The molecule has 1 fully saturated rings. The van der Waals surface area contributed by atoms with E-state index in [4.69, 9.17) is 0 Å². The Kier molecular flexibility index (Phi) is 4.19. The van der Waals surface area contributed by atoms with Crippen molar-refractivity contribution in [2.45, 2.75) is 26.3 Å². The second kappa shape index (κ2) is 5.65. The van der Waals surface area contributed by atoms with Gasteiger partial charge in [0.15, 0.2) is 0 Å². The van der Waals surface area contributed by atoms with Gasteiger partial charge in [-0.1, -0.05) is 38.1 Å². The maximum atomic E-state index is 2.56. The molecule has 2 heteroatoms. The third kappa shape index (κ3) is 3.55. The standard InChI is InChI=1S/C15H24N2/c1-13(2)15-6-4-5-14(11-15)12-17-9-7-16(3)8-10-17/h4-6,11,13H,7-10,12H2,1-3H3. The Morgan fingerprint density at radius 3 is 2.47 bits per heavy atom. The zero-order valence-electron chi connectivity index (χ0n) is 11.3. The van der Waals surface area contributed by atoms with Gasteiger partial charge >= 0.3 is 0 Å². The van der Waals surface area contributed by atoms with Crippen LogP contribution in [0.5, 0.6) is 0 Å². The third-order valence-electron chi connectivity index (χ3n) is 3.62. The lowest BCUT2D eigenvalue weighted by Crippen LogP contribution is -2.43. The average molecular weight is 232 g/mol. The Morgan fingerprint density at radius 1 is 1.12 bits per heavy atom. The molecule has 1 aliphatic heterocycles. The highest BCUT2D eigenvalue weighted by Gasteiger charge is 2.13. The molecule has 0 atom stereocenters. The van der Waals surface area contributed by atoms with E-state index in [1.54, 1.807) is 0 Å². The number of nitrogens with zero attached hydrogens (tertiary/aromatic N) is 2. The molecule has 2 nitrogen and oxygen atoms in total. The summed E-state index contributed by atoms with van der Waals surface area (Å²) in [4.78, 5) is 4.96. The van der Waals surface area contributed by atoms with Crippen molar-refractivity contribution >= 4 is 0 Å². The summed E-state index contributed by atoms with van der Waals surface area (Å²) in [6, 6.07) is 9.05. The van der Waals surface area contributed by atoms with Crippen LogP contribution in [-0.2, 0) is 6.54 Å². The predicted molar refractivity (Wildman–Crippen MR) is 73.3 cm³/mol. The molecule has 94 valence electrons. The van der Waals surface area contributed by atoms with Gasteiger partial charge in [0.25, 0.3) is 0 Å². The minimum atomic E-state index is 0.627. The van der Waals surface area contributed by atoms with Crippen molar-refractivity contribution in [2.24, 2.45) is 0 Å². The summed E-state index contributed by atoms with van der Waals surface area (Å²) in [5.41, 5.74) is 2.91. The molecule has 1 aliphatic rings. The first-order valence-corrected chi connectivity index (χ1v) is 6.65. The van der Waals surface area contributed by atoms with Crippen LogP contribution in [0.1, 0.15) is 30.9 Å². The van der Waals surface area contributed by atoms with E-state index in [0.29, 0.717) is 5.92 Å². The van der Waals surface area contributed by atoms with E-state index in [0.717, 1.165) is 6.54 Å². The Balaban J connectivity index is 1.96. The van der Waals surface area contributed by atoms with Gasteiger partial charge in [-0.05, 0) is 24.1 Å². The van der Waals surface area contributed by atoms with Crippen LogP contribution in [-0.4, -0.2) is 43.0 Å². The molecule has 1 aromatic carbocycles. The monoisotopic (exact) mass is 232 g/mol. The molecule has 17 heavy (non-hydrogen) atoms. The second-order valence-corrected chi connectivity index (χ2v) is 5.48. The minimum absolute atomic E-state index is 0.627. The Hall–Kier alpha value is -0.860. The fourth-order valence-electron chi connectivity index (χ4n) is 2.31. The first-order chi connectivity index (χ1) is 8.15. The summed E-state index contributed by atoms with van der Waals surface area (Å²) in [6.07, 6.45) is 0. The zero-order chi connectivity index (χ0) is 12.3. The Bertz CT molecular complexity index is 352. The fourth-order valence-corrected chi connectivity index (χ4v) is 2.31. The molecule has 0 N–H and O–H groups in total. The number of hydrogen-bond acceptors (Lipinski definition) is 2. The largest absolute Gasteiger partial charge is 0.304 e.